The third kappa shape index (κ3) is 3.57. The molecule has 0 aromatic heterocycles. The van der Waals surface area contributed by atoms with Crippen LogP contribution in [0.25, 0.3) is 0 Å². The Morgan fingerprint density at radius 1 is 1.57 bits per heavy atom. The Morgan fingerprint density at radius 3 is 2.93 bits per heavy atom. The molecule has 0 aromatic rings. The van der Waals surface area contributed by atoms with Gasteiger partial charge < -0.3 is 0 Å². The first-order chi connectivity index (χ1) is 6.72. The van der Waals surface area contributed by atoms with Gasteiger partial charge in [-0.25, -0.2) is 4.99 Å². The first kappa shape index (κ1) is 10.7. The largest absolute Gasteiger partial charge is 0.264 e. The maximum Gasteiger partial charge on any atom is 0.127 e. The van der Waals surface area contributed by atoms with Gasteiger partial charge in [-0.2, -0.15) is 0 Å². The van der Waals surface area contributed by atoms with Crippen LogP contribution in [0.2, 0.25) is 0 Å². The van der Waals surface area contributed by atoms with E-state index >= 15 is 0 Å². The van der Waals surface area contributed by atoms with Gasteiger partial charge in [-0.05, 0) is 13.3 Å². The van der Waals surface area contributed by atoms with E-state index in [9.17, 15) is 0 Å². The summed E-state index contributed by atoms with van der Waals surface area (Å²) in [5.41, 5.74) is 1.10. The maximum absolute atomic E-state index is 5.27. The van der Waals surface area contributed by atoms with E-state index in [0.717, 1.165) is 30.9 Å². The number of hydrogen-bond acceptors (Lipinski definition) is 2. The third-order valence-electron chi connectivity index (χ3n) is 2.05. The van der Waals surface area contributed by atoms with Crippen molar-refractivity contribution in [2.45, 2.75) is 26.7 Å². The lowest BCUT2D eigenvalue weighted by molar-refractivity contribution is 0.773. The molecular formula is C12H16N2. The van der Waals surface area contributed by atoms with E-state index < -0.39 is 0 Å². The highest BCUT2D eigenvalue weighted by atomic mass is 15.0. The molecule has 0 fully saturated rings. The number of rotatable bonds is 4. The fraction of sp³-hybridized carbons (Fsp3) is 0.500. The Kier molecular flexibility index (Phi) is 4.12. The van der Waals surface area contributed by atoms with Gasteiger partial charge in [-0.15, -0.1) is 12.3 Å². The van der Waals surface area contributed by atoms with Crippen molar-refractivity contribution in [1.82, 2.24) is 0 Å². The molecule has 1 aliphatic heterocycles. The van der Waals surface area contributed by atoms with Gasteiger partial charge in [0.15, 0.2) is 0 Å². The lowest BCUT2D eigenvalue weighted by Crippen LogP contribution is -1.89. The highest BCUT2D eigenvalue weighted by Crippen LogP contribution is 2.04. The highest BCUT2D eigenvalue weighted by Gasteiger charge is 2.03. The molecule has 0 aliphatic carbocycles. The minimum atomic E-state index is 0.321. The van der Waals surface area contributed by atoms with Gasteiger partial charge in [0.1, 0.15) is 5.84 Å². The SMILES string of the molecule is C#CC(C)C/C=C\CC1=NCC(C)=N1. The van der Waals surface area contributed by atoms with Crippen LogP contribution < -0.4 is 0 Å². The predicted octanol–water partition coefficient (Wildman–Crippen LogP) is 2.47. The first-order valence-corrected chi connectivity index (χ1v) is 4.91. The number of terminal acetylenes is 1. The van der Waals surface area contributed by atoms with Gasteiger partial charge in [0.25, 0.3) is 0 Å². The zero-order chi connectivity index (χ0) is 10.4. The van der Waals surface area contributed by atoms with Crippen LogP contribution in [-0.4, -0.2) is 18.1 Å². The summed E-state index contributed by atoms with van der Waals surface area (Å²) in [5, 5.41) is 0. The Morgan fingerprint density at radius 2 is 2.36 bits per heavy atom. The molecule has 1 heterocycles. The molecule has 0 N–H and O–H groups in total. The number of aliphatic imine (C=N–C) groups is 2. The molecule has 1 atom stereocenters. The summed E-state index contributed by atoms with van der Waals surface area (Å²) in [6.45, 7) is 4.81. The summed E-state index contributed by atoms with van der Waals surface area (Å²) in [5.74, 6) is 3.95. The molecule has 1 aliphatic rings. The van der Waals surface area contributed by atoms with Gasteiger partial charge in [-0.3, -0.25) is 4.99 Å². The molecule has 1 rings (SSSR count). The van der Waals surface area contributed by atoms with E-state index in [1.807, 2.05) is 13.8 Å². The Bertz CT molecular complexity index is 316. The maximum atomic E-state index is 5.27. The van der Waals surface area contributed by atoms with Crippen LogP contribution in [0.3, 0.4) is 0 Å². The number of amidine groups is 1. The molecule has 0 saturated carbocycles. The molecule has 0 saturated heterocycles. The lowest BCUT2D eigenvalue weighted by Gasteiger charge is -1.95. The Balaban J connectivity index is 2.25. The summed E-state index contributed by atoms with van der Waals surface area (Å²) in [6.07, 6.45) is 11.2. The lowest BCUT2D eigenvalue weighted by atomic mass is 10.1. The van der Waals surface area contributed by atoms with Crippen LogP contribution >= 0.6 is 0 Å². The first-order valence-electron chi connectivity index (χ1n) is 4.91. The zero-order valence-corrected chi connectivity index (χ0v) is 8.83. The molecule has 1 unspecified atom stereocenters. The summed E-state index contributed by atoms with van der Waals surface area (Å²) in [4.78, 5) is 8.58. The average molecular weight is 188 g/mol. The van der Waals surface area contributed by atoms with Crippen molar-refractivity contribution in [3.05, 3.63) is 12.2 Å². The van der Waals surface area contributed by atoms with E-state index in [0.29, 0.717) is 5.92 Å². The summed E-state index contributed by atoms with van der Waals surface area (Å²) < 4.78 is 0. The minimum Gasteiger partial charge on any atom is -0.264 e. The fourth-order valence-corrected chi connectivity index (χ4v) is 1.16. The normalized spacial score (nSPS) is 17.8. The molecule has 14 heavy (non-hydrogen) atoms. The zero-order valence-electron chi connectivity index (χ0n) is 8.83. The molecule has 0 spiro atoms. The second kappa shape index (κ2) is 5.39. The summed E-state index contributed by atoms with van der Waals surface area (Å²) in [7, 11) is 0. The topological polar surface area (TPSA) is 24.7 Å². The van der Waals surface area contributed by atoms with Crippen LogP contribution in [0.1, 0.15) is 26.7 Å². The van der Waals surface area contributed by atoms with Crippen LogP contribution in [0, 0.1) is 18.3 Å². The van der Waals surface area contributed by atoms with Gasteiger partial charge in [0.2, 0.25) is 0 Å². The van der Waals surface area contributed by atoms with Crippen molar-refractivity contribution in [3.63, 3.8) is 0 Å². The van der Waals surface area contributed by atoms with E-state index in [4.69, 9.17) is 6.42 Å². The molecule has 0 aromatic carbocycles. The standard InChI is InChI=1S/C12H16N2/c1-4-10(2)7-5-6-8-12-13-9-11(3)14-12/h1,5-6,10H,7-9H2,2-3H3/b6-5-. The molecule has 0 amide bonds. The van der Waals surface area contributed by atoms with E-state index in [1.54, 1.807) is 0 Å². The van der Waals surface area contributed by atoms with Gasteiger partial charge in [-0.1, -0.05) is 19.1 Å². The number of nitrogens with zero attached hydrogens (tertiary/aromatic N) is 2. The van der Waals surface area contributed by atoms with E-state index in [1.165, 1.54) is 0 Å². The molecule has 0 bridgehead atoms. The average Bonchev–Trinajstić information content (AvgIpc) is 2.58. The van der Waals surface area contributed by atoms with Crippen molar-refractivity contribution >= 4 is 11.5 Å². The van der Waals surface area contributed by atoms with Crippen molar-refractivity contribution < 1.29 is 0 Å². The van der Waals surface area contributed by atoms with E-state index in [2.05, 4.69) is 28.1 Å². The van der Waals surface area contributed by atoms with Crippen LogP contribution in [-0.2, 0) is 0 Å². The van der Waals surface area contributed by atoms with Gasteiger partial charge in [0, 0.05) is 18.1 Å². The third-order valence-corrected chi connectivity index (χ3v) is 2.05. The van der Waals surface area contributed by atoms with Crippen molar-refractivity contribution in [2.75, 3.05) is 6.54 Å². The molecular weight excluding hydrogens is 172 g/mol. The van der Waals surface area contributed by atoms with Gasteiger partial charge >= 0.3 is 0 Å². The molecule has 2 heteroatoms. The smallest absolute Gasteiger partial charge is 0.127 e. The molecule has 74 valence electrons. The Hall–Kier alpha value is -1.36. The number of allylic oxidation sites excluding steroid dienone is 1. The van der Waals surface area contributed by atoms with Crippen molar-refractivity contribution in [1.29, 1.82) is 0 Å². The van der Waals surface area contributed by atoms with Crippen LogP contribution in [0.4, 0.5) is 0 Å². The van der Waals surface area contributed by atoms with E-state index in [-0.39, 0.29) is 0 Å². The Labute approximate surface area is 85.8 Å². The quantitative estimate of drug-likeness (QED) is 0.478. The minimum absolute atomic E-state index is 0.321. The highest BCUT2D eigenvalue weighted by molar-refractivity contribution is 6.03. The molecule has 0 radical (unpaired) electrons. The summed E-state index contributed by atoms with van der Waals surface area (Å²) >= 11 is 0. The number of hydrogen-bond donors (Lipinski definition) is 0. The summed E-state index contributed by atoms with van der Waals surface area (Å²) in [6, 6.07) is 0. The van der Waals surface area contributed by atoms with Crippen LogP contribution in [0.15, 0.2) is 22.1 Å². The monoisotopic (exact) mass is 188 g/mol. The second-order valence-electron chi connectivity index (χ2n) is 3.56. The molecule has 2 nitrogen and oxygen atoms in total. The van der Waals surface area contributed by atoms with Crippen molar-refractivity contribution in [3.8, 4) is 12.3 Å². The second-order valence-corrected chi connectivity index (χ2v) is 3.56. The van der Waals surface area contributed by atoms with Gasteiger partial charge in [0.05, 0.1) is 6.54 Å². The predicted molar refractivity (Wildman–Crippen MR) is 61.8 cm³/mol. The van der Waals surface area contributed by atoms with Crippen LogP contribution in [0.5, 0.6) is 0 Å². The van der Waals surface area contributed by atoms with Crippen molar-refractivity contribution in [2.24, 2.45) is 15.9 Å². The fourth-order valence-electron chi connectivity index (χ4n) is 1.16.